The third-order valence-electron chi connectivity index (χ3n) is 3.33. The molecule has 1 rings (SSSR count). The number of carbonyl (C=O) groups is 2. The van der Waals surface area contributed by atoms with Crippen LogP contribution in [0.15, 0.2) is 0 Å². The van der Waals surface area contributed by atoms with E-state index in [2.05, 4.69) is 12.2 Å². The van der Waals surface area contributed by atoms with Crippen molar-refractivity contribution in [3.05, 3.63) is 0 Å². The first-order chi connectivity index (χ1) is 6.91. The number of amides is 3. The highest BCUT2D eigenvalue weighted by molar-refractivity contribution is 6.00. The Morgan fingerprint density at radius 3 is 2.53 bits per heavy atom. The van der Waals surface area contributed by atoms with Gasteiger partial charge in [-0.1, -0.05) is 13.3 Å². The van der Waals surface area contributed by atoms with E-state index in [1.807, 2.05) is 20.8 Å². The highest BCUT2D eigenvalue weighted by Gasteiger charge is 2.44. The lowest BCUT2D eigenvalue weighted by atomic mass is 9.82. The maximum atomic E-state index is 11.6. The molecule has 1 heterocycles. The summed E-state index contributed by atoms with van der Waals surface area (Å²) in [5.41, 5.74) is -0.498. The minimum Gasteiger partial charge on any atom is -0.321 e. The number of hydrogen-bond acceptors (Lipinski definition) is 2. The average Bonchev–Trinajstić information content (AvgIpc) is 2.16. The Labute approximate surface area is 91.0 Å². The van der Waals surface area contributed by atoms with Gasteiger partial charge in [-0.05, 0) is 27.2 Å². The van der Waals surface area contributed by atoms with Crippen LogP contribution in [-0.2, 0) is 4.79 Å². The second-order valence-corrected chi connectivity index (χ2v) is 4.70. The van der Waals surface area contributed by atoms with Crippen LogP contribution in [-0.4, -0.2) is 29.4 Å². The lowest BCUT2D eigenvalue weighted by Crippen LogP contribution is -2.63. The van der Waals surface area contributed by atoms with Crippen LogP contribution < -0.4 is 5.32 Å². The van der Waals surface area contributed by atoms with Crippen LogP contribution in [0.2, 0.25) is 0 Å². The third-order valence-corrected chi connectivity index (χ3v) is 3.33. The van der Waals surface area contributed by atoms with Crippen molar-refractivity contribution in [3.8, 4) is 0 Å². The normalized spacial score (nSPS) is 25.3. The van der Waals surface area contributed by atoms with Gasteiger partial charge in [0.25, 0.3) is 0 Å². The minimum atomic E-state index is -0.498. The zero-order chi connectivity index (χ0) is 11.6. The number of unbranched alkanes of at least 4 members (excludes halogenated alkanes) is 1. The van der Waals surface area contributed by atoms with Crippen molar-refractivity contribution in [2.24, 2.45) is 5.41 Å². The molecule has 0 spiro atoms. The molecule has 0 aromatic carbocycles. The molecule has 0 bridgehead atoms. The summed E-state index contributed by atoms with van der Waals surface area (Å²) in [6.45, 7) is 8.49. The fourth-order valence-corrected chi connectivity index (χ4v) is 1.71. The maximum Gasteiger partial charge on any atom is 0.324 e. The second kappa shape index (κ2) is 4.21. The van der Waals surface area contributed by atoms with Crippen molar-refractivity contribution >= 4 is 11.9 Å². The van der Waals surface area contributed by atoms with Crippen molar-refractivity contribution in [2.45, 2.75) is 46.6 Å². The first-order valence-corrected chi connectivity index (χ1v) is 5.53. The van der Waals surface area contributed by atoms with E-state index in [9.17, 15) is 9.59 Å². The molecule has 4 heteroatoms. The molecule has 4 nitrogen and oxygen atoms in total. The molecular formula is C11H20N2O2. The van der Waals surface area contributed by atoms with Crippen LogP contribution in [0.1, 0.15) is 40.5 Å². The van der Waals surface area contributed by atoms with Gasteiger partial charge in [-0.2, -0.15) is 0 Å². The average molecular weight is 212 g/mol. The molecule has 1 atom stereocenters. The van der Waals surface area contributed by atoms with Crippen LogP contribution in [0.3, 0.4) is 0 Å². The van der Waals surface area contributed by atoms with Gasteiger partial charge in [0.15, 0.2) is 0 Å². The fraction of sp³-hybridized carbons (Fsp3) is 0.818. The monoisotopic (exact) mass is 212 g/mol. The summed E-state index contributed by atoms with van der Waals surface area (Å²) >= 11 is 0. The molecule has 1 saturated heterocycles. The molecule has 15 heavy (non-hydrogen) atoms. The summed E-state index contributed by atoms with van der Waals surface area (Å²) in [5.74, 6) is -0.173. The highest BCUT2D eigenvalue weighted by atomic mass is 16.2. The zero-order valence-electron chi connectivity index (χ0n) is 9.96. The lowest BCUT2D eigenvalue weighted by molar-refractivity contribution is -0.133. The standard InChI is InChI=1S/C11H20N2O2/c1-5-6-7-13-8(2)11(3,4)9(14)12-10(13)15/h8H,5-7H2,1-4H3,(H,12,14,15). The van der Waals surface area contributed by atoms with E-state index in [4.69, 9.17) is 0 Å². The number of hydrogen-bond donors (Lipinski definition) is 1. The summed E-state index contributed by atoms with van der Waals surface area (Å²) in [5, 5.41) is 2.41. The molecule has 1 N–H and O–H groups in total. The van der Waals surface area contributed by atoms with Crippen LogP contribution in [0.4, 0.5) is 4.79 Å². The Morgan fingerprint density at radius 2 is 2.00 bits per heavy atom. The molecule has 86 valence electrons. The van der Waals surface area contributed by atoms with Gasteiger partial charge in [-0.25, -0.2) is 4.79 Å². The van der Waals surface area contributed by atoms with Crippen molar-refractivity contribution < 1.29 is 9.59 Å². The van der Waals surface area contributed by atoms with E-state index in [0.29, 0.717) is 0 Å². The molecule has 1 unspecified atom stereocenters. The van der Waals surface area contributed by atoms with Crippen molar-refractivity contribution in [1.82, 2.24) is 10.2 Å². The summed E-state index contributed by atoms with van der Waals surface area (Å²) in [7, 11) is 0. The Bertz CT molecular complexity index is 274. The summed E-state index contributed by atoms with van der Waals surface area (Å²) in [6, 6.07) is -0.287. The second-order valence-electron chi connectivity index (χ2n) is 4.70. The number of carbonyl (C=O) groups excluding carboxylic acids is 2. The van der Waals surface area contributed by atoms with E-state index in [0.717, 1.165) is 19.4 Å². The van der Waals surface area contributed by atoms with E-state index in [1.54, 1.807) is 4.90 Å². The lowest BCUT2D eigenvalue weighted by Gasteiger charge is -2.43. The maximum absolute atomic E-state index is 11.6. The van der Waals surface area contributed by atoms with Crippen LogP contribution in [0.5, 0.6) is 0 Å². The number of rotatable bonds is 3. The Morgan fingerprint density at radius 1 is 1.40 bits per heavy atom. The predicted octanol–water partition coefficient (Wildman–Crippen LogP) is 1.75. The first-order valence-electron chi connectivity index (χ1n) is 5.53. The van der Waals surface area contributed by atoms with E-state index >= 15 is 0 Å². The smallest absolute Gasteiger partial charge is 0.321 e. The van der Waals surface area contributed by atoms with E-state index in [-0.39, 0.29) is 18.0 Å². The van der Waals surface area contributed by atoms with Gasteiger partial charge < -0.3 is 4.90 Å². The van der Waals surface area contributed by atoms with E-state index < -0.39 is 5.41 Å². The first kappa shape index (κ1) is 12.0. The molecule has 0 radical (unpaired) electrons. The zero-order valence-corrected chi connectivity index (χ0v) is 9.96. The van der Waals surface area contributed by atoms with Crippen LogP contribution in [0.25, 0.3) is 0 Å². The number of nitrogens with one attached hydrogen (secondary N) is 1. The molecule has 0 aliphatic carbocycles. The van der Waals surface area contributed by atoms with Crippen LogP contribution in [0, 0.1) is 5.41 Å². The van der Waals surface area contributed by atoms with Gasteiger partial charge in [0.05, 0.1) is 5.41 Å². The topological polar surface area (TPSA) is 49.4 Å². The van der Waals surface area contributed by atoms with Crippen molar-refractivity contribution in [3.63, 3.8) is 0 Å². The molecule has 3 amide bonds. The molecule has 0 aromatic rings. The minimum absolute atomic E-state index is 0.0368. The number of imide groups is 1. The Kier molecular flexibility index (Phi) is 3.37. The molecule has 0 aromatic heterocycles. The largest absolute Gasteiger partial charge is 0.324 e. The summed E-state index contributed by atoms with van der Waals surface area (Å²) in [4.78, 5) is 25.0. The number of nitrogens with zero attached hydrogens (tertiary/aromatic N) is 1. The van der Waals surface area contributed by atoms with Crippen molar-refractivity contribution in [1.29, 1.82) is 0 Å². The van der Waals surface area contributed by atoms with Gasteiger partial charge in [-0.3, -0.25) is 10.1 Å². The molecule has 1 fully saturated rings. The summed E-state index contributed by atoms with van der Waals surface area (Å²) < 4.78 is 0. The molecule has 1 aliphatic rings. The Balaban J connectivity index is 2.79. The predicted molar refractivity (Wildman–Crippen MR) is 58.4 cm³/mol. The quantitative estimate of drug-likeness (QED) is 0.774. The highest BCUT2D eigenvalue weighted by Crippen LogP contribution is 2.29. The third kappa shape index (κ3) is 2.13. The van der Waals surface area contributed by atoms with Gasteiger partial charge in [0, 0.05) is 12.6 Å². The Hall–Kier alpha value is -1.06. The van der Waals surface area contributed by atoms with Gasteiger partial charge >= 0.3 is 6.03 Å². The summed E-state index contributed by atoms with van der Waals surface area (Å²) in [6.07, 6.45) is 2.02. The molecular weight excluding hydrogens is 192 g/mol. The molecule has 1 aliphatic heterocycles. The van der Waals surface area contributed by atoms with Gasteiger partial charge in [0.2, 0.25) is 5.91 Å². The van der Waals surface area contributed by atoms with Crippen molar-refractivity contribution in [2.75, 3.05) is 6.54 Å². The number of urea groups is 1. The van der Waals surface area contributed by atoms with Gasteiger partial charge in [-0.15, -0.1) is 0 Å². The SMILES string of the molecule is CCCCN1C(=O)NC(=O)C(C)(C)C1C. The van der Waals surface area contributed by atoms with E-state index in [1.165, 1.54) is 0 Å². The molecule has 0 saturated carbocycles. The van der Waals surface area contributed by atoms with Crippen LogP contribution >= 0.6 is 0 Å². The van der Waals surface area contributed by atoms with Gasteiger partial charge in [0.1, 0.15) is 0 Å². The fourth-order valence-electron chi connectivity index (χ4n) is 1.71.